The van der Waals surface area contributed by atoms with Crippen molar-refractivity contribution in [3.8, 4) is 0 Å². The van der Waals surface area contributed by atoms with E-state index in [4.69, 9.17) is 0 Å². The molecule has 1 fully saturated rings. The van der Waals surface area contributed by atoms with Crippen LogP contribution in [0.5, 0.6) is 0 Å². The van der Waals surface area contributed by atoms with Crippen LogP contribution < -0.4 is 4.72 Å². The van der Waals surface area contributed by atoms with Crippen LogP contribution in [0.1, 0.15) is 32.1 Å². The zero-order valence-electron chi connectivity index (χ0n) is 15.0. The molecular weight excluding hydrogens is 344 g/mol. The van der Waals surface area contributed by atoms with E-state index in [0.717, 1.165) is 29.1 Å². The van der Waals surface area contributed by atoms with Crippen LogP contribution in [0.25, 0.3) is 0 Å². The van der Waals surface area contributed by atoms with Crippen molar-refractivity contribution < 1.29 is 4.79 Å². The number of carbonyl (C=O) groups is 1. The Bertz CT molecular complexity index is 727. The number of amides is 2. The third-order valence-corrected chi connectivity index (χ3v) is 5.36. The lowest BCUT2D eigenvalue weighted by molar-refractivity contribution is 0.179. The lowest BCUT2D eigenvalue weighted by Gasteiger charge is -2.30. The first-order chi connectivity index (χ1) is 12.7. The third kappa shape index (κ3) is 5.33. The summed E-state index contributed by atoms with van der Waals surface area (Å²) in [6, 6.07) is 17.6. The van der Waals surface area contributed by atoms with Gasteiger partial charge in [0.2, 0.25) is 0 Å². The quantitative estimate of drug-likeness (QED) is 0.513. The Morgan fingerprint density at radius 2 is 1.58 bits per heavy atom. The van der Waals surface area contributed by atoms with E-state index < -0.39 is 0 Å². The summed E-state index contributed by atoms with van der Waals surface area (Å²) in [6.07, 6.45) is 5.93. The topological polar surface area (TPSA) is 57.1 Å². The van der Waals surface area contributed by atoms with Crippen molar-refractivity contribution in [2.24, 2.45) is 10.2 Å². The molecule has 1 N–H and O–H groups in total. The fourth-order valence-corrected chi connectivity index (χ4v) is 3.62. The molecule has 0 saturated heterocycles. The maximum Gasteiger partial charge on any atom is 0.327 e. The van der Waals surface area contributed by atoms with Gasteiger partial charge in [-0.25, -0.2) is 4.79 Å². The molecule has 0 atom stereocenters. The molecule has 26 heavy (non-hydrogen) atoms. The van der Waals surface area contributed by atoms with Crippen LogP contribution in [-0.4, -0.2) is 24.0 Å². The average molecular weight is 369 g/mol. The maximum atomic E-state index is 12.3. The van der Waals surface area contributed by atoms with Gasteiger partial charge in [0.15, 0.2) is 0 Å². The molecule has 3 rings (SSSR count). The summed E-state index contributed by atoms with van der Waals surface area (Å²) < 4.78 is 2.92. The van der Waals surface area contributed by atoms with E-state index in [1.807, 2.05) is 66.5 Å². The zero-order valence-corrected chi connectivity index (χ0v) is 15.8. The fourth-order valence-electron chi connectivity index (χ4n) is 3.00. The third-order valence-electron chi connectivity index (χ3n) is 4.57. The summed E-state index contributed by atoms with van der Waals surface area (Å²) in [7, 11) is 1.89. The summed E-state index contributed by atoms with van der Waals surface area (Å²) in [6.45, 7) is 0. The van der Waals surface area contributed by atoms with Gasteiger partial charge in [-0.05, 0) is 61.2 Å². The Labute approximate surface area is 159 Å². The van der Waals surface area contributed by atoms with E-state index in [2.05, 4.69) is 15.0 Å². The largest absolute Gasteiger partial charge is 0.327 e. The van der Waals surface area contributed by atoms with Gasteiger partial charge in [0.05, 0.1) is 11.4 Å². The number of urea groups is 1. The number of azo groups is 1. The Morgan fingerprint density at radius 3 is 2.23 bits per heavy atom. The van der Waals surface area contributed by atoms with Gasteiger partial charge in [0.25, 0.3) is 0 Å². The van der Waals surface area contributed by atoms with Gasteiger partial charge in [0.1, 0.15) is 0 Å². The smallest absolute Gasteiger partial charge is 0.324 e. The lowest BCUT2D eigenvalue weighted by Crippen LogP contribution is -2.42. The van der Waals surface area contributed by atoms with E-state index in [1.54, 1.807) is 0 Å². The van der Waals surface area contributed by atoms with Gasteiger partial charge in [0, 0.05) is 18.0 Å². The number of benzene rings is 2. The summed E-state index contributed by atoms with van der Waals surface area (Å²) in [5.74, 6) is 0. The molecule has 1 saturated carbocycles. The monoisotopic (exact) mass is 368 g/mol. The summed E-state index contributed by atoms with van der Waals surface area (Å²) in [4.78, 5) is 15.1. The predicted octanol–water partition coefficient (Wildman–Crippen LogP) is 6.08. The minimum absolute atomic E-state index is 0.0326. The lowest BCUT2D eigenvalue weighted by atomic mass is 9.95. The van der Waals surface area contributed by atoms with Crippen LogP contribution >= 0.6 is 11.9 Å². The van der Waals surface area contributed by atoms with Crippen molar-refractivity contribution in [1.82, 2.24) is 9.62 Å². The highest BCUT2D eigenvalue weighted by Crippen LogP contribution is 2.24. The molecule has 6 heteroatoms. The molecule has 5 nitrogen and oxygen atoms in total. The SMILES string of the molecule is CN(C(=O)NSc1ccc(/N=N/c2ccccc2)cc1)C1CCCCC1. The van der Waals surface area contributed by atoms with E-state index >= 15 is 0 Å². The molecular formula is C20H24N4OS. The fraction of sp³-hybridized carbons (Fsp3) is 0.350. The average Bonchev–Trinajstić information content (AvgIpc) is 2.72. The van der Waals surface area contributed by atoms with Crippen LogP contribution in [0.2, 0.25) is 0 Å². The minimum Gasteiger partial charge on any atom is -0.324 e. The summed E-state index contributed by atoms with van der Waals surface area (Å²) >= 11 is 1.33. The molecule has 136 valence electrons. The number of hydrogen-bond donors (Lipinski definition) is 1. The number of nitrogens with one attached hydrogen (secondary N) is 1. The number of hydrogen-bond acceptors (Lipinski definition) is 4. The molecule has 2 amide bonds. The normalized spacial score (nSPS) is 15.1. The molecule has 2 aromatic rings. The molecule has 1 aliphatic rings. The van der Waals surface area contributed by atoms with E-state index in [9.17, 15) is 4.79 Å². The molecule has 2 aromatic carbocycles. The minimum atomic E-state index is -0.0326. The van der Waals surface area contributed by atoms with Crippen LogP contribution in [-0.2, 0) is 0 Å². The summed E-state index contributed by atoms with van der Waals surface area (Å²) in [5.41, 5.74) is 1.60. The highest BCUT2D eigenvalue weighted by molar-refractivity contribution is 7.98. The van der Waals surface area contributed by atoms with Crippen molar-refractivity contribution in [1.29, 1.82) is 0 Å². The van der Waals surface area contributed by atoms with Gasteiger partial charge in [-0.1, -0.05) is 37.5 Å². The second-order valence-electron chi connectivity index (χ2n) is 6.44. The predicted molar refractivity (Wildman–Crippen MR) is 106 cm³/mol. The number of rotatable bonds is 5. The first-order valence-corrected chi connectivity index (χ1v) is 9.80. The van der Waals surface area contributed by atoms with Crippen LogP contribution in [0.3, 0.4) is 0 Å². The van der Waals surface area contributed by atoms with Crippen LogP contribution in [0.4, 0.5) is 16.2 Å². The molecule has 0 aromatic heterocycles. The second kappa shape index (κ2) is 9.38. The Balaban J connectivity index is 1.49. The molecule has 1 aliphatic carbocycles. The first-order valence-electron chi connectivity index (χ1n) is 8.99. The van der Waals surface area contributed by atoms with Crippen LogP contribution in [0.15, 0.2) is 69.7 Å². The van der Waals surface area contributed by atoms with Gasteiger partial charge in [-0.3, -0.25) is 4.72 Å². The highest BCUT2D eigenvalue weighted by Gasteiger charge is 2.21. The Kier molecular flexibility index (Phi) is 6.66. The maximum absolute atomic E-state index is 12.3. The van der Waals surface area contributed by atoms with E-state index in [-0.39, 0.29) is 6.03 Å². The second-order valence-corrected chi connectivity index (χ2v) is 7.32. The number of nitrogens with zero attached hydrogens (tertiary/aromatic N) is 3. The molecule has 0 unspecified atom stereocenters. The summed E-state index contributed by atoms with van der Waals surface area (Å²) in [5, 5.41) is 8.42. The van der Waals surface area contributed by atoms with Gasteiger partial charge in [-0.2, -0.15) is 10.2 Å². The van der Waals surface area contributed by atoms with Crippen molar-refractivity contribution >= 4 is 29.4 Å². The molecule has 0 aliphatic heterocycles. The van der Waals surface area contributed by atoms with Crippen molar-refractivity contribution in [2.75, 3.05) is 7.05 Å². The molecule has 0 radical (unpaired) electrons. The van der Waals surface area contributed by atoms with Crippen molar-refractivity contribution in [3.05, 3.63) is 54.6 Å². The highest BCUT2D eigenvalue weighted by atomic mass is 32.2. The first kappa shape index (κ1) is 18.5. The van der Waals surface area contributed by atoms with Crippen molar-refractivity contribution in [2.45, 2.75) is 43.0 Å². The van der Waals surface area contributed by atoms with E-state index in [1.165, 1.54) is 31.2 Å². The van der Waals surface area contributed by atoms with Crippen LogP contribution in [0, 0.1) is 0 Å². The molecule has 0 bridgehead atoms. The van der Waals surface area contributed by atoms with Gasteiger partial charge >= 0.3 is 6.03 Å². The number of carbonyl (C=O) groups excluding carboxylic acids is 1. The van der Waals surface area contributed by atoms with Gasteiger partial charge < -0.3 is 4.90 Å². The zero-order chi connectivity index (χ0) is 18.2. The Morgan fingerprint density at radius 1 is 0.962 bits per heavy atom. The van der Waals surface area contributed by atoms with Crippen molar-refractivity contribution in [3.63, 3.8) is 0 Å². The molecule has 0 spiro atoms. The standard InChI is InChI=1S/C20H24N4OS/c1-24(18-10-6-3-7-11-18)20(25)23-26-19-14-12-17(13-15-19)22-21-16-8-4-2-5-9-16/h2,4-5,8-9,12-15,18H,3,6-7,10-11H2,1H3,(H,23,25)/b22-21+. The molecule has 0 heterocycles. The van der Waals surface area contributed by atoms with E-state index in [0.29, 0.717) is 6.04 Å². The Hall–Kier alpha value is -2.34. The van der Waals surface area contributed by atoms with Gasteiger partial charge in [-0.15, -0.1) is 0 Å².